The van der Waals surface area contributed by atoms with Crippen LogP contribution in [0.15, 0.2) is 48.5 Å². The third kappa shape index (κ3) is 2.65. The Hall–Kier alpha value is -2.26. The molecule has 0 saturated carbocycles. The molecule has 4 heteroatoms. The van der Waals surface area contributed by atoms with E-state index in [0.717, 1.165) is 22.0 Å². The van der Waals surface area contributed by atoms with E-state index in [2.05, 4.69) is 0 Å². The van der Waals surface area contributed by atoms with Crippen molar-refractivity contribution < 1.29 is 9.90 Å². The maximum absolute atomic E-state index is 11.5. The molecule has 0 amide bonds. The van der Waals surface area contributed by atoms with Crippen LogP contribution >= 0.6 is 11.6 Å². The summed E-state index contributed by atoms with van der Waals surface area (Å²) >= 11 is 5.89. The summed E-state index contributed by atoms with van der Waals surface area (Å²) in [6, 6.07) is 15.1. The minimum Gasteiger partial charge on any atom is -0.477 e. The molecule has 2 aromatic carbocycles. The molecule has 0 aliphatic heterocycles. The van der Waals surface area contributed by atoms with E-state index >= 15 is 0 Å². The van der Waals surface area contributed by atoms with Gasteiger partial charge in [-0.3, -0.25) is 0 Å². The Labute approximate surface area is 127 Å². The lowest BCUT2D eigenvalue weighted by Crippen LogP contribution is -2.09. The maximum atomic E-state index is 11.5. The Balaban J connectivity index is 2.13. The highest BCUT2D eigenvalue weighted by Crippen LogP contribution is 2.23. The molecule has 1 N–H and O–H groups in total. The van der Waals surface area contributed by atoms with Crippen LogP contribution in [0.25, 0.3) is 10.9 Å². The molecule has 0 spiro atoms. The van der Waals surface area contributed by atoms with E-state index in [9.17, 15) is 9.90 Å². The maximum Gasteiger partial charge on any atom is 0.352 e. The summed E-state index contributed by atoms with van der Waals surface area (Å²) in [5.74, 6) is -0.919. The number of carboxylic acid groups (broad SMARTS) is 1. The van der Waals surface area contributed by atoms with Gasteiger partial charge in [0, 0.05) is 22.5 Å². The lowest BCUT2D eigenvalue weighted by molar-refractivity contribution is 0.0686. The third-order valence-electron chi connectivity index (χ3n) is 3.53. The van der Waals surface area contributed by atoms with Crippen LogP contribution in [0, 0.1) is 6.92 Å². The molecule has 0 bridgehead atoms. The number of nitrogens with zero attached hydrogens (tertiary/aromatic N) is 1. The first-order valence-corrected chi connectivity index (χ1v) is 7.00. The third-order valence-corrected chi connectivity index (χ3v) is 3.78. The molecule has 3 rings (SSSR count). The number of aryl methyl sites for hydroxylation is 1. The fourth-order valence-electron chi connectivity index (χ4n) is 2.51. The van der Waals surface area contributed by atoms with Gasteiger partial charge in [0.05, 0.1) is 0 Å². The molecule has 0 fully saturated rings. The smallest absolute Gasteiger partial charge is 0.352 e. The summed E-state index contributed by atoms with van der Waals surface area (Å²) in [4.78, 5) is 11.5. The Morgan fingerprint density at radius 3 is 2.52 bits per heavy atom. The van der Waals surface area contributed by atoms with Crippen molar-refractivity contribution in [3.63, 3.8) is 0 Å². The van der Waals surface area contributed by atoms with Crippen molar-refractivity contribution in [3.05, 3.63) is 70.4 Å². The van der Waals surface area contributed by atoms with Crippen molar-refractivity contribution in [1.29, 1.82) is 0 Å². The van der Waals surface area contributed by atoms with E-state index in [-0.39, 0.29) is 0 Å². The Morgan fingerprint density at radius 1 is 1.14 bits per heavy atom. The molecule has 3 nitrogen and oxygen atoms in total. The standard InChI is InChI=1S/C17H14ClNO2/c1-11-2-7-15-13(8-11)9-16(17(20)21)19(15)10-12-3-5-14(18)6-4-12/h2-9H,10H2,1H3,(H,20,21). The van der Waals surface area contributed by atoms with Gasteiger partial charge in [-0.15, -0.1) is 0 Å². The Morgan fingerprint density at radius 2 is 1.86 bits per heavy atom. The summed E-state index contributed by atoms with van der Waals surface area (Å²) in [7, 11) is 0. The minimum absolute atomic E-state index is 0.297. The molecule has 1 heterocycles. The van der Waals surface area contributed by atoms with Crippen molar-refractivity contribution >= 4 is 28.5 Å². The molecule has 1 aromatic heterocycles. The summed E-state index contributed by atoms with van der Waals surface area (Å²) in [6.45, 7) is 2.50. The van der Waals surface area contributed by atoms with Crippen LogP contribution in [0.3, 0.4) is 0 Å². The quantitative estimate of drug-likeness (QED) is 0.781. The number of carbonyl (C=O) groups is 1. The van der Waals surface area contributed by atoms with Gasteiger partial charge in [-0.1, -0.05) is 35.4 Å². The average Bonchev–Trinajstić information content (AvgIpc) is 2.79. The number of rotatable bonds is 3. The van der Waals surface area contributed by atoms with Crippen molar-refractivity contribution in [3.8, 4) is 0 Å². The zero-order chi connectivity index (χ0) is 15.0. The molecule has 0 radical (unpaired) electrons. The molecule has 106 valence electrons. The number of aromatic carboxylic acids is 1. The summed E-state index contributed by atoms with van der Waals surface area (Å²) in [5, 5.41) is 11.0. The Bertz CT molecular complexity index is 819. The van der Waals surface area contributed by atoms with E-state index in [1.54, 1.807) is 6.07 Å². The zero-order valence-corrected chi connectivity index (χ0v) is 12.3. The van der Waals surface area contributed by atoms with E-state index in [0.29, 0.717) is 17.3 Å². The van der Waals surface area contributed by atoms with Crippen LogP contribution in [0.5, 0.6) is 0 Å². The molecule has 0 unspecified atom stereocenters. The lowest BCUT2D eigenvalue weighted by Gasteiger charge is -2.09. The van der Waals surface area contributed by atoms with Crippen molar-refractivity contribution in [1.82, 2.24) is 4.57 Å². The number of fused-ring (bicyclic) bond motifs is 1. The van der Waals surface area contributed by atoms with Crippen LogP contribution in [-0.2, 0) is 6.54 Å². The molecule has 0 atom stereocenters. The highest BCUT2D eigenvalue weighted by molar-refractivity contribution is 6.30. The molecule has 0 saturated heterocycles. The first kappa shape index (κ1) is 13.7. The summed E-state index contributed by atoms with van der Waals surface area (Å²) in [6.07, 6.45) is 0. The first-order valence-electron chi connectivity index (χ1n) is 6.62. The average molecular weight is 300 g/mol. The monoisotopic (exact) mass is 299 g/mol. The number of aromatic nitrogens is 1. The molecule has 21 heavy (non-hydrogen) atoms. The Kier molecular flexibility index (Phi) is 3.43. The lowest BCUT2D eigenvalue weighted by atomic mass is 10.2. The van der Waals surface area contributed by atoms with Crippen LogP contribution in [-0.4, -0.2) is 15.6 Å². The van der Waals surface area contributed by atoms with Crippen LogP contribution < -0.4 is 0 Å². The van der Waals surface area contributed by atoms with Gasteiger partial charge in [0.2, 0.25) is 0 Å². The fraction of sp³-hybridized carbons (Fsp3) is 0.118. The van der Waals surface area contributed by atoms with Gasteiger partial charge in [-0.05, 0) is 42.8 Å². The van der Waals surface area contributed by atoms with Gasteiger partial charge >= 0.3 is 5.97 Å². The van der Waals surface area contributed by atoms with Crippen molar-refractivity contribution in [2.75, 3.05) is 0 Å². The highest BCUT2D eigenvalue weighted by Gasteiger charge is 2.14. The number of hydrogen-bond donors (Lipinski definition) is 1. The van der Waals surface area contributed by atoms with E-state index in [1.807, 2.05) is 54.0 Å². The molecular formula is C17H14ClNO2. The van der Waals surface area contributed by atoms with Crippen LogP contribution in [0.2, 0.25) is 5.02 Å². The molecule has 3 aromatic rings. The second-order valence-corrected chi connectivity index (χ2v) is 5.55. The largest absolute Gasteiger partial charge is 0.477 e. The number of carboxylic acids is 1. The van der Waals surface area contributed by atoms with Gasteiger partial charge in [0.1, 0.15) is 5.69 Å². The van der Waals surface area contributed by atoms with Crippen molar-refractivity contribution in [2.45, 2.75) is 13.5 Å². The van der Waals surface area contributed by atoms with Crippen LogP contribution in [0.1, 0.15) is 21.6 Å². The van der Waals surface area contributed by atoms with Crippen LogP contribution in [0.4, 0.5) is 0 Å². The highest BCUT2D eigenvalue weighted by atomic mass is 35.5. The zero-order valence-electron chi connectivity index (χ0n) is 11.5. The molecule has 0 aliphatic rings. The molecule has 0 aliphatic carbocycles. The van der Waals surface area contributed by atoms with Gasteiger partial charge in [0.25, 0.3) is 0 Å². The van der Waals surface area contributed by atoms with Crippen molar-refractivity contribution in [2.24, 2.45) is 0 Å². The van der Waals surface area contributed by atoms with Gasteiger partial charge in [-0.25, -0.2) is 4.79 Å². The van der Waals surface area contributed by atoms with Gasteiger partial charge < -0.3 is 9.67 Å². The number of hydrogen-bond acceptors (Lipinski definition) is 1. The molecular weight excluding hydrogens is 286 g/mol. The topological polar surface area (TPSA) is 42.2 Å². The fourth-order valence-corrected chi connectivity index (χ4v) is 2.64. The predicted octanol–water partition coefficient (Wildman–Crippen LogP) is 4.35. The predicted molar refractivity (Wildman–Crippen MR) is 84.2 cm³/mol. The normalized spacial score (nSPS) is 11.0. The second kappa shape index (κ2) is 5.26. The van der Waals surface area contributed by atoms with E-state index in [4.69, 9.17) is 11.6 Å². The first-order chi connectivity index (χ1) is 10.0. The minimum atomic E-state index is -0.919. The summed E-state index contributed by atoms with van der Waals surface area (Å²) < 4.78 is 1.82. The number of halogens is 1. The SMILES string of the molecule is Cc1ccc2c(c1)cc(C(=O)O)n2Cc1ccc(Cl)cc1. The van der Waals surface area contributed by atoms with Gasteiger partial charge in [-0.2, -0.15) is 0 Å². The van der Waals surface area contributed by atoms with E-state index < -0.39 is 5.97 Å². The second-order valence-electron chi connectivity index (χ2n) is 5.11. The summed E-state index contributed by atoms with van der Waals surface area (Å²) in [5.41, 5.74) is 3.35. The van der Waals surface area contributed by atoms with E-state index in [1.165, 1.54) is 0 Å². The number of benzene rings is 2. The van der Waals surface area contributed by atoms with Gasteiger partial charge in [0.15, 0.2) is 0 Å².